The zero-order valence-electron chi connectivity index (χ0n) is 32.7. The molecule has 15 nitrogen and oxygen atoms in total. The predicted molar refractivity (Wildman–Crippen MR) is 184 cm³/mol. The number of rotatable bonds is 12. The molecule has 0 unspecified atom stereocenters. The second kappa shape index (κ2) is 13.7. The van der Waals surface area contributed by atoms with Crippen LogP contribution in [0.25, 0.3) is 0 Å². The normalized spacial score (nSPS) is 13.1. The summed E-state index contributed by atoms with van der Waals surface area (Å²) in [5.41, 5.74) is -3.54. The maximum Gasteiger partial charge on any atom is 0.929 e. The van der Waals surface area contributed by atoms with Crippen LogP contribution in [0, 0.1) is 0 Å². The minimum atomic E-state index is -1.65. The van der Waals surface area contributed by atoms with Gasteiger partial charge in [0, 0.05) is 0 Å². The Kier molecular flexibility index (Phi) is 11.0. The van der Waals surface area contributed by atoms with Gasteiger partial charge in [-0.25, -0.2) is 0 Å². The van der Waals surface area contributed by atoms with E-state index in [4.69, 9.17) is 42.7 Å². The highest BCUT2D eigenvalue weighted by Crippen LogP contribution is 2.29. The van der Waals surface area contributed by atoms with E-state index in [1.807, 2.05) is 125 Å². The van der Waals surface area contributed by atoms with Crippen LogP contribution in [0.5, 0.6) is 35.3 Å². The maximum absolute atomic E-state index is 6.23. The Morgan fingerprint density at radius 1 is 0.367 bits per heavy atom. The Morgan fingerprint density at radius 3 is 0.755 bits per heavy atom. The Hall–Kier alpha value is -4.11. The van der Waals surface area contributed by atoms with Crippen molar-refractivity contribution in [3.8, 4) is 35.3 Å². The minimum absolute atomic E-state index is 0.218. The van der Waals surface area contributed by atoms with Crippen molar-refractivity contribution in [1.29, 1.82) is 0 Å². The fourth-order valence-electron chi connectivity index (χ4n) is 3.75. The summed E-state index contributed by atoms with van der Waals surface area (Å²) in [6.45, 7) is 34.2. The number of nitrogens with zero attached hydrogens (tertiary/aromatic N) is 6. The van der Waals surface area contributed by atoms with Crippen molar-refractivity contribution in [3.63, 3.8) is 0 Å². The molecule has 49 heavy (non-hydrogen) atoms. The van der Waals surface area contributed by atoms with Crippen LogP contribution in [-0.4, -0.2) is 70.8 Å². The van der Waals surface area contributed by atoms with E-state index < -0.39 is 40.9 Å². The zero-order valence-corrected chi connectivity index (χ0v) is 32.7. The van der Waals surface area contributed by atoms with E-state index in [1.165, 1.54) is 0 Å². The molecule has 3 heterocycles. The van der Waals surface area contributed by atoms with Crippen LogP contribution in [0.1, 0.15) is 125 Å². The number of aromatic nitrogens is 6. The molecule has 0 atom stereocenters. The van der Waals surface area contributed by atoms with Gasteiger partial charge in [-0.1, -0.05) is 29.8 Å². The molecule has 0 fully saturated rings. The van der Waals surface area contributed by atoms with E-state index in [0.29, 0.717) is 0 Å². The van der Waals surface area contributed by atoms with Crippen LogP contribution in [-0.2, 0) is 0 Å². The molecular formula is C33H57BN6O9. The second-order valence-electron chi connectivity index (χ2n) is 17.5. The van der Waals surface area contributed by atoms with Crippen LogP contribution < -0.4 is 42.7 Å². The van der Waals surface area contributed by atoms with E-state index in [2.05, 4.69) is 15.3 Å². The van der Waals surface area contributed by atoms with Gasteiger partial charge in [0.05, 0.1) is 18.2 Å². The first-order chi connectivity index (χ1) is 21.9. The largest absolute Gasteiger partial charge is 0.929 e. The van der Waals surface area contributed by atoms with Crippen LogP contribution in [0.2, 0.25) is 0 Å². The van der Waals surface area contributed by atoms with Crippen LogP contribution in [0.4, 0.5) is 0 Å². The van der Waals surface area contributed by atoms with E-state index in [9.17, 15) is 0 Å². The second-order valence-corrected chi connectivity index (χ2v) is 17.5. The molecule has 3 aromatic rings. The first-order valence-corrected chi connectivity index (χ1v) is 16.4. The van der Waals surface area contributed by atoms with Gasteiger partial charge in [-0.15, -0.1) is 0 Å². The Labute approximate surface area is 291 Å². The molecule has 0 spiro atoms. The van der Waals surface area contributed by atoms with Crippen molar-refractivity contribution in [2.75, 3.05) is 0 Å². The molecule has 0 saturated heterocycles. The molecule has 16 heteroatoms. The zero-order chi connectivity index (χ0) is 37.4. The first-order valence-electron chi connectivity index (χ1n) is 16.4. The van der Waals surface area contributed by atoms with Gasteiger partial charge in [0.25, 0.3) is 17.6 Å². The van der Waals surface area contributed by atoms with Gasteiger partial charge in [0.2, 0.25) is 17.6 Å². The van der Waals surface area contributed by atoms with E-state index >= 15 is 0 Å². The maximum atomic E-state index is 6.23. The lowest BCUT2D eigenvalue weighted by Crippen LogP contribution is -2.50. The van der Waals surface area contributed by atoms with Crippen molar-refractivity contribution in [1.82, 2.24) is 29.8 Å². The lowest BCUT2D eigenvalue weighted by molar-refractivity contribution is -0.00352. The van der Waals surface area contributed by atoms with Gasteiger partial charge in [0.1, 0.15) is 33.6 Å². The molecule has 0 amide bonds. The van der Waals surface area contributed by atoms with E-state index in [0.717, 1.165) is 14.5 Å². The highest BCUT2D eigenvalue weighted by atomic mass is 16.9. The van der Waals surface area contributed by atoms with Gasteiger partial charge in [-0.2, -0.15) is 0 Å². The predicted octanol–water partition coefficient (Wildman–Crippen LogP) is 6.01. The molecule has 0 aliphatic carbocycles. The van der Waals surface area contributed by atoms with Gasteiger partial charge < -0.3 is 42.7 Å². The fraction of sp³-hybridized carbons (Fsp3) is 0.727. The molecular weight excluding hydrogens is 635 g/mol. The summed E-state index contributed by atoms with van der Waals surface area (Å²) in [5, 5.41) is 13.5. The average molecular weight is 693 g/mol. The first kappa shape index (κ1) is 39.3. The number of hydrogen-bond donors (Lipinski definition) is 0. The lowest BCUT2D eigenvalue weighted by atomic mass is 10.2. The average Bonchev–Trinajstić information content (AvgIpc) is 3.44. The minimum Gasteiger partial charge on any atom is -0.471 e. The molecule has 3 rings (SSSR count). The Morgan fingerprint density at radius 2 is 0.571 bits per heavy atom. The van der Waals surface area contributed by atoms with Crippen molar-refractivity contribution in [2.45, 2.75) is 158 Å². The standard InChI is InChI=1S/C33H57BN6O9/c1-28(2,3)41-22-19-25(44-31(10,11)12)38(35-22)47-34(48-39-26(45-32(13,14)15)20-23(36-39)42-29(4,5)6)49-40-27(46-33(16,17)18)21-24(37-40)43-30(7,8)9/h19-21H,1-18H3. The molecule has 0 bridgehead atoms. The van der Waals surface area contributed by atoms with E-state index in [1.54, 1.807) is 18.2 Å². The van der Waals surface area contributed by atoms with Crippen molar-refractivity contribution in [2.24, 2.45) is 0 Å². The Balaban J connectivity index is 2.16. The molecule has 0 aliphatic rings. The van der Waals surface area contributed by atoms with Crippen LogP contribution >= 0.6 is 0 Å². The van der Waals surface area contributed by atoms with Gasteiger partial charge in [-0.3, -0.25) is 0 Å². The summed E-state index contributed by atoms with van der Waals surface area (Å²) in [5.74, 6) is 1.40. The molecule has 0 saturated carbocycles. The summed E-state index contributed by atoms with van der Waals surface area (Å²) in [7, 11) is -1.65. The monoisotopic (exact) mass is 692 g/mol. The highest BCUT2D eigenvalue weighted by Gasteiger charge is 2.40. The number of hydrogen-bond acceptors (Lipinski definition) is 12. The molecule has 0 N–H and O–H groups in total. The third-order valence-corrected chi connectivity index (χ3v) is 4.90. The lowest BCUT2D eigenvalue weighted by Gasteiger charge is -2.24. The third-order valence-electron chi connectivity index (χ3n) is 4.90. The van der Waals surface area contributed by atoms with Gasteiger partial charge in [0.15, 0.2) is 0 Å². The number of ether oxygens (including phenoxy) is 6. The summed E-state index contributed by atoms with van der Waals surface area (Å²) >= 11 is 0. The molecule has 0 aromatic carbocycles. The third kappa shape index (κ3) is 14.1. The van der Waals surface area contributed by atoms with Crippen molar-refractivity contribution < 1.29 is 42.7 Å². The summed E-state index contributed by atoms with van der Waals surface area (Å²) < 4.78 is 55.3. The summed E-state index contributed by atoms with van der Waals surface area (Å²) in [4.78, 5) is 3.33. The molecule has 0 radical (unpaired) electrons. The Bertz CT molecular complexity index is 1340. The van der Waals surface area contributed by atoms with Gasteiger partial charge >= 0.3 is 7.32 Å². The SMILES string of the molecule is CC(C)(C)Oc1cc(OC(C)(C)C)n(OB(On2nc(OC(C)(C)C)cc2OC(C)(C)C)On2nc(OC(C)(C)C)cc2OC(C)(C)C)n1. The highest BCUT2D eigenvalue weighted by molar-refractivity contribution is 6.37. The van der Waals surface area contributed by atoms with E-state index in [-0.39, 0.29) is 35.3 Å². The molecule has 0 aliphatic heterocycles. The molecule has 276 valence electrons. The van der Waals surface area contributed by atoms with Crippen LogP contribution in [0.15, 0.2) is 18.2 Å². The quantitative estimate of drug-likeness (QED) is 0.206. The summed E-state index contributed by atoms with van der Waals surface area (Å²) in [6, 6.07) is 4.84. The molecule has 3 aromatic heterocycles. The van der Waals surface area contributed by atoms with Crippen molar-refractivity contribution >= 4 is 7.32 Å². The van der Waals surface area contributed by atoms with Crippen molar-refractivity contribution in [3.05, 3.63) is 18.2 Å². The van der Waals surface area contributed by atoms with Gasteiger partial charge in [-0.05, 0) is 125 Å². The fourth-order valence-corrected chi connectivity index (χ4v) is 3.75. The topological polar surface area (TPSA) is 137 Å². The van der Waals surface area contributed by atoms with Crippen LogP contribution in [0.3, 0.4) is 0 Å². The smallest absolute Gasteiger partial charge is 0.471 e. The summed E-state index contributed by atoms with van der Waals surface area (Å²) in [6.07, 6.45) is 0.